The van der Waals surface area contributed by atoms with Gasteiger partial charge in [0, 0.05) is 13.0 Å². The molecule has 0 aromatic rings. The Bertz CT molecular complexity index is 1190. The van der Waals surface area contributed by atoms with E-state index in [2.05, 4.69) is 26.0 Å². The molecule has 1 rings (SSSR count). The third-order valence-corrected chi connectivity index (χ3v) is 14.9. The molecule has 12 nitrogen and oxygen atoms in total. The lowest BCUT2D eigenvalue weighted by atomic mass is 9.85. The predicted molar refractivity (Wildman–Crippen MR) is 281 cm³/mol. The Morgan fingerprint density at radius 1 is 0.449 bits per heavy atom. The molecule has 0 heterocycles. The van der Waals surface area contributed by atoms with Crippen LogP contribution in [0, 0.1) is 0 Å². The van der Waals surface area contributed by atoms with Gasteiger partial charge in [0.2, 0.25) is 0 Å². The van der Waals surface area contributed by atoms with Crippen molar-refractivity contribution in [1.82, 2.24) is 0 Å². The average molecular weight is 1010 g/mol. The van der Waals surface area contributed by atoms with Crippen molar-refractivity contribution in [2.75, 3.05) is 19.8 Å². The van der Waals surface area contributed by atoms with Crippen LogP contribution in [0.15, 0.2) is 12.2 Å². The monoisotopic (exact) mass is 1000 g/mol. The van der Waals surface area contributed by atoms with E-state index < -0.39 is 63.1 Å². The number of carbonyl (C=O) groups excluding carboxylic acids is 1. The molecule has 1 fully saturated rings. The van der Waals surface area contributed by atoms with E-state index in [0.29, 0.717) is 13.0 Å². The number of hydrogen-bond acceptors (Lipinski definition) is 11. The van der Waals surface area contributed by atoms with Gasteiger partial charge in [-0.3, -0.25) is 13.8 Å². The van der Waals surface area contributed by atoms with Gasteiger partial charge in [0.25, 0.3) is 0 Å². The molecule has 0 aliphatic heterocycles. The van der Waals surface area contributed by atoms with E-state index in [1.54, 1.807) is 0 Å². The molecule has 410 valence electrons. The molecule has 6 unspecified atom stereocenters. The molecule has 13 heteroatoms. The third kappa shape index (κ3) is 38.3. The minimum atomic E-state index is -5.02. The molecule has 6 N–H and O–H groups in total. The molecule has 0 saturated heterocycles. The van der Waals surface area contributed by atoms with Crippen molar-refractivity contribution in [3.63, 3.8) is 0 Å². The second-order valence-electron chi connectivity index (χ2n) is 20.5. The van der Waals surface area contributed by atoms with Crippen LogP contribution >= 0.6 is 7.82 Å². The quantitative estimate of drug-likeness (QED) is 0.0146. The zero-order chi connectivity index (χ0) is 50.5. The highest BCUT2D eigenvalue weighted by Crippen LogP contribution is 2.47. The molecule has 1 saturated carbocycles. The summed E-state index contributed by atoms with van der Waals surface area (Å²) in [6.45, 7) is 4.32. The highest BCUT2D eigenvalue weighted by molar-refractivity contribution is 7.47. The van der Waals surface area contributed by atoms with Crippen LogP contribution in [0.4, 0.5) is 0 Å². The molecule has 69 heavy (non-hydrogen) atoms. The number of esters is 1. The van der Waals surface area contributed by atoms with Gasteiger partial charge in [0.1, 0.15) is 42.7 Å². The number of aliphatic hydroxyl groups is 5. The van der Waals surface area contributed by atoms with Crippen molar-refractivity contribution in [2.45, 2.75) is 320 Å². The second-order valence-corrected chi connectivity index (χ2v) is 21.9. The third-order valence-electron chi connectivity index (χ3n) is 13.9. The van der Waals surface area contributed by atoms with Gasteiger partial charge in [-0.1, -0.05) is 244 Å². The van der Waals surface area contributed by atoms with Gasteiger partial charge in [-0.15, -0.1) is 0 Å². The Balaban J connectivity index is 2.26. The van der Waals surface area contributed by atoms with Crippen molar-refractivity contribution in [3.8, 4) is 0 Å². The number of carbonyl (C=O) groups is 1. The lowest BCUT2D eigenvalue weighted by Crippen LogP contribution is -2.64. The lowest BCUT2D eigenvalue weighted by Gasteiger charge is -2.41. The van der Waals surface area contributed by atoms with Gasteiger partial charge in [-0.25, -0.2) is 4.57 Å². The maximum atomic E-state index is 12.9. The standard InChI is InChI=1S/C56H109O12P/c1-3-5-7-9-11-13-15-17-19-21-23-24-25-26-27-28-30-32-34-36-38-40-42-44-46-65-47-49(48-66-69(63,64)68-56-54(61)52(59)51(58)53(60)55(56)62)67-50(57)45-43-41-39-37-35-33-31-29-22-20-18-16-14-12-10-8-6-4-2/h21,23,49,51-56,58-62H,3-20,22,24-48H2,1-2H3,(H,63,64)/b23-21-. The number of hydrogen-bond donors (Lipinski definition) is 6. The zero-order valence-electron chi connectivity index (χ0n) is 44.4. The van der Waals surface area contributed by atoms with E-state index in [4.69, 9.17) is 18.5 Å². The Morgan fingerprint density at radius 3 is 1.14 bits per heavy atom. The Kier molecular flexibility index (Phi) is 44.9. The fourth-order valence-electron chi connectivity index (χ4n) is 9.30. The summed E-state index contributed by atoms with van der Waals surface area (Å²) in [5.74, 6) is -0.469. The van der Waals surface area contributed by atoms with E-state index in [1.807, 2.05) is 0 Å². The molecule has 0 amide bonds. The van der Waals surface area contributed by atoms with E-state index >= 15 is 0 Å². The van der Waals surface area contributed by atoms with Crippen LogP contribution in [-0.4, -0.2) is 98.9 Å². The normalized spacial score (nSPS) is 21.0. The first-order valence-corrected chi connectivity index (χ1v) is 30.5. The smallest absolute Gasteiger partial charge is 0.457 e. The number of phosphoric acid groups is 1. The van der Waals surface area contributed by atoms with Gasteiger partial charge in [-0.2, -0.15) is 0 Å². The lowest BCUT2D eigenvalue weighted by molar-refractivity contribution is -0.220. The molecule has 0 bridgehead atoms. The van der Waals surface area contributed by atoms with Crippen LogP contribution in [0.25, 0.3) is 0 Å². The first-order chi connectivity index (χ1) is 33.5. The fraction of sp³-hybridized carbons (Fsp3) is 0.946. The highest BCUT2D eigenvalue weighted by atomic mass is 31.2. The minimum absolute atomic E-state index is 0.0702. The summed E-state index contributed by atoms with van der Waals surface area (Å²) in [6.07, 6.45) is 42.8. The van der Waals surface area contributed by atoms with Crippen LogP contribution in [-0.2, 0) is 27.9 Å². The predicted octanol–water partition coefficient (Wildman–Crippen LogP) is 13.8. The number of aliphatic hydroxyl groups excluding tert-OH is 5. The topological polar surface area (TPSA) is 192 Å². The molecule has 1 aliphatic rings. The maximum absolute atomic E-state index is 12.9. The maximum Gasteiger partial charge on any atom is 0.472 e. The van der Waals surface area contributed by atoms with E-state index in [9.17, 15) is 39.8 Å². The Labute approximate surface area is 422 Å². The number of rotatable bonds is 51. The largest absolute Gasteiger partial charge is 0.472 e. The molecule has 1 aliphatic carbocycles. The second kappa shape index (κ2) is 46.8. The Morgan fingerprint density at radius 2 is 0.768 bits per heavy atom. The number of ether oxygens (including phenoxy) is 2. The van der Waals surface area contributed by atoms with Crippen molar-refractivity contribution in [2.24, 2.45) is 0 Å². The van der Waals surface area contributed by atoms with Gasteiger partial charge >= 0.3 is 13.8 Å². The van der Waals surface area contributed by atoms with Crippen molar-refractivity contribution in [3.05, 3.63) is 12.2 Å². The molecule has 0 aromatic heterocycles. The summed E-state index contributed by atoms with van der Waals surface area (Å²) in [5, 5.41) is 50.4. The van der Waals surface area contributed by atoms with E-state index in [-0.39, 0.29) is 13.0 Å². The van der Waals surface area contributed by atoms with Crippen LogP contribution in [0.1, 0.15) is 277 Å². The van der Waals surface area contributed by atoms with Gasteiger partial charge < -0.3 is 39.9 Å². The van der Waals surface area contributed by atoms with Crippen LogP contribution in [0.3, 0.4) is 0 Å². The molecular weight excluding hydrogens is 896 g/mol. The number of allylic oxidation sites excluding steroid dienone is 2. The summed E-state index contributed by atoms with van der Waals surface area (Å²) in [5.41, 5.74) is 0. The van der Waals surface area contributed by atoms with Crippen LogP contribution < -0.4 is 0 Å². The minimum Gasteiger partial charge on any atom is -0.457 e. The molecule has 6 atom stereocenters. The van der Waals surface area contributed by atoms with Gasteiger partial charge in [0.15, 0.2) is 0 Å². The summed E-state index contributed by atoms with van der Waals surface area (Å²) in [4.78, 5) is 23.3. The summed E-state index contributed by atoms with van der Waals surface area (Å²) >= 11 is 0. The molecule has 0 spiro atoms. The number of unbranched alkanes of at least 4 members (excludes halogenated alkanes) is 37. The van der Waals surface area contributed by atoms with Crippen molar-refractivity contribution in [1.29, 1.82) is 0 Å². The first-order valence-electron chi connectivity index (χ1n) is 29.0. The summed E-state index contributed by atoms with van der Waals surface area (Å²) < 4.78 is 34.4. The van der Waals surface area contributed by atoms with Crippen molar-refractivity contribution >= 4 is 13.8 Å². The van der Waals surface area contributed by atoms with E-state index in [0.717, 1.165) is 38.5 Å². The van der Waals surface area contributed by atoms with Crippen LogP contribution in [0.5, 0.6) is 0 Å². The summed E-state index contributed by atoms with van der Waals surface area (Å²) in [6, 6.07) is 0. The average Bonchev–Trinajstić information content (AvgIpc) is 3.34. The zero-order valence-corrected chi connectivity index (χ0v) is 45.3. The highest BCUT2D eigenvalue weighted by Gasteiger charge is 2.51. The molecule has 0 aromatic carbocycles. The van der Waals surface area contributed by atoms with E-state index in [1.165, 1.54) is 212 Å². The number of phosphoric ester groups is 1. The SMILES string of the molecule is CCCCCCCCCC/C=C\CCCCCCCCCCCCCCOCC(COP(=O)(O)OC1C(O)C(O)C(O)C(O)C1O)OC(=O)CCCCCCCCCCCCCCCCCCCC. The van der Waals surface area contributed by atoms with Crippen molar-refractivity contribution < 1.29 is 58.3 Å². The Hall–Kier alpha value is -0.920. The van der Waals surface area contributed by atoms with Gasteiger partial charge in [0.05, 0.1) is 13.2 Å². The molecular formula is C56H109O12P. The van der Waals surface area contributed by atoms with Gasteiger partial charge in [-0.05, 0) is 38.5 Å². The first kappa shape index (κ1) is 66.1. The fourth-order valence-corrected chi connectivity index (χ4v) is 10.3. The summed E-state index contributed by atoms with van der Waals surface area (Å²) in [7, 11) is -5.02. The molecule has 0 radical (unpaired) electrons. The van der Waals surface area contributed by atoms with Crippen LogP contribution in [0.2, 0.25) is 0 Å².